The monoisotopic (exact) mass is 285 g/mol. The molecule has 0 spiro atoms. The van der Waals surface area contributed by atoms with E-state index >= 15 is 0 Å². The summed E-state index contributed by atoms with van der Waals surface area (Å²) < 4.78 is 15.7. The summed E-state index contributed by atoms with van der Waals surface area (Å²) in [6.07, 6.45) is 0.719. The highest BCUT2D eigenvalue weighted by atomic mass is 28.4. The van der Waals surface area contributed by atoms with Gasteiger partial charge in [-0.25, -0.2) is 4.79 Å². The lowest BCUT2D eigenvalue weighted by Gasteiger charge is -2.35. The van der Waals surface area contributed by atoms with Gasteiger partial charge in [-0.15, -0.1) is 0 Å². The van der Waals surface area contributed by atoms with Crippen molar-refractivity contribution in [2.24, 2.45) is 0 Å². The molecule has 1 aromatic rings. The molecule has 0 saturated heterocycles. The van der Waals surface area contributed by atoms with Gasteiger partial charge in [0.05, 0.1) is 5.69 Å². The molecule has 19 heavy (non-hydrogen) atoms. The van der Waals surface area contributed by atoms with E-state index in [2.05, 4.69) is 39.0 Å². The lowest BCUT2D eigenvalue weighted by Crippen LogP contribution is -2.41. The van der Waals surface area contributed by atoms with Gasteiger partial charge in [-0.05, 0) is 24.6 Å². The van der Waals surface area contributed by atoms with Gasteiger partial charge in [0.25, 0.3) is 0 Å². The Balaban J connectivity index is 2.47. The topological polar surface area (TPSA) is 61.6 Å². The minimum absolute atomic E-state index is 0.0442. The highest BCUT2D eigenvalue weighted by Gasteiger charge is 2.37. The molecule has 0 saturated carbocycles. The minimum Gasteiger partial charge on any atom is -0.434 e. The fourth-order valence-electron chi connectivity index (χ4n) is 1.09. The van der Waals surface area contributed by atoms with Gasteiger partial charge in [0.1, 0.15) is 0 Å². The maximum absolute atomic E-state index is 11.7. The summed E-state index contributed by atoms with van der Waals surface area (Å²) in [6.45, 7) is 12.5. The number of esters is 1. The van der Waals surface area contributed by atoms with Crippen LogP contribution in [-0.4, -0.2) is 26.2 Å². The number of nitrogens with zero attached hydrogens (tertiary/aromatic N) is 1. The second kappa shape index (κ2) is 5.88. The fourth-order valence-corrected chi connectivity index (χ4v) is 1.88. The molecule has 0 aromatic carbocycles. The second-order valence-corrected chi connectivity index (χ2v) is 10.8. The van der Waals surface area contributed by atoms with Crippen molar-refractivity contribution in [3.05, 3.63) is 17.5 Å². The van der Waals surface area contributed by atoms with Crippen LogP contribution in [0.3, 0.4) is 0 Å². The van der Waals surface area contributed by atoms with E-state index in [1.807, 2.05) is 6.92 Å². The number of hydrogen-bond acceptors (Lipinski definition) is 5. The van der Waals surface area contributed by atoms with E-state index < -0.39 is 14.3 Å². The zero-order valence-corrected chi connectivity index (χ0v) is 13.6. The number of ether oxygens (including phenoxy) is 1. The van der Waals surface area contributed by atoms with Crippen LogP contribution in [0.5, 0.6) is 0 Å². The van der Waals surface area contributed by atoms with Crippen molar-refractivity contribution < 1.29 is 18.5 Å². The van der Waals surface area contributed by atoms with E-state index in [1.54, 1.807) is 6.07 Å². The Labute approximate surface area is 115 Å². The molecule has 1 aromatic heterocycles. The van der Waals surface area contributed by atoms with Crippen LogP contribution in [0.2, 0.25) is 18.1 Å². The third kappa shape index (κ3) is 4.17. The van der Waals surface area contributed by atoms with Gasteiger partial charge in [0, 0.05) is 6.07 Å². The lowest BCUT2D eigenvalue weighted by molar-refractivity contribution is 0.00725. The third-order valence-electron chi connectivity index (χ3n) is 3.54. The summed E-state index contributed by atoms with van der Waals surface area (Å²) in [6, 6.07) is 1.59. The van der Waals surface area contributed by atoms with Crippen LogP contribution in [0.25, 0.3) is 0 Å². The maximum Gasteiger partial charge on any atom is 0.379 e. The Bertz CT molecular complexity index is 434. The number of hydrogen-bond donors (Lipinski definition) is 0. The minimum atomic E-state index is -1.90. The normalized spacial score (nSPS) is 12.5. The van der Waals surface area contributed by atoms with Crippen molar-refractivity contribution >= 4 is 14.3 Å². The number of rotatable bonds is 5. The second-order valence-electron chi connectivity index (χ2n) is 5.99. The summed E-state index contributed by atoms with van der Waals surface area (Å²) in [5.41, 5.74) is 0.734. The molecule has 0 aliphatic heterocycles. The first kappa shape index (κ1) is 15.9. The Kier molecular flexibility index (Phi) is 4.92. The Hall–Kier alpha value is -1.14. The van der Waals surface area contributed by atoms with Crippen LogP contribution >= 0.6 is 0 Å². The van der Waals surface area contributed by atoms with Crippen molar-refractivity contribution in [1.82, 2.24) is 5.16 Å². The Morgan fingerprint density at radius 2 is 2.05 bits per heavy atom. The van der Waals surface area contributed by atoms with Crippen molar-refractivity contribution in [2.75, 3.05) is 6.79 Å². The average Bonchev–Trinajstić information content (AvgIpc) is 2.75. The van der Waals surface area contributed by atoms with Crippen molar-refractivity contribution in [3.63, 3.8) is 0 Å². The summed E-state index contributed by atoms with van der Waals surface area (Å²) in [7, 11) is -1.90. The summed E-state index contributed by atoms with van der Waals surface area (Å²) in [5.74, 6) is -0.415. The van der Waals surface area contributed by atoms with Crippen LogP contribution in [0.4, 0.5) is 0 Å². The van der Waals surface area contributed by atoms with Crippen molar-refractivity contribution in [1.29, 1.82) is 0 Å². The first-order valence-electron chi connectivity index (χ1n) is 6.44. The molecule has 5 nitrogen and oxygen atoms in total. The molecular formula is C13H23NO4Si. The molecule has 0 unspecified atom stereocenters. The molecule has 0 aliphatic rings. The Morgan fingerprint density at radius 1 is 1.42 bits per heavy atom. The largest absolute Gasteiger partial charge is 0.434 e. The van der Waals surface area contributed by atoms with Crippen LogP contribution in [-0.2, 0) is 15.6 Å². The van der Waals surface area contributed by atoms with E-state index in [0.29, 0.717) is 0 Å². The Morgan fingerprint density at radius 3 is 2.53 bits per heavy atom. The van der Waals surface area contributed by atoms with E-state index in [-0.39, 0.29) is 17.6 Å². The van der Waals surface area contributed by atoms with Crippen LogP contribution in [0.15, 0.2) is 10.6 Å². The van der Waals surface area contributed by atoms with Crippen molar-refractivity contribution in [2.45, 2.75) is 52.2 Å². The molecule has 0 atom stereocenters. The predicted molar refractivity (Wildman–Crippen MR) is 74.4 cm³/mol. The first-order chi connectivity index (χ1) is 8.67. The van der Waals surface area contributed by atoms with Gasteiger partial charge in [0.2, 0.25) is 5.76 Å². The molecule has 108 valence electrons. The molecule has 6 heteroatoms. The molecule has 1 rings (SSSR count). The number of aryl methyl sites for hydroxylation is 1. The lowest BCUT2D eigenvalue weighted by atomic mass is 10.2. The summed E-state index contributed by atoms with van der Waals surface area (Å²) >= 11 is 0. The quantitative estimate of drug-likeness (QED) is 0.471. The van der Waals surface area contributed by atoms with Gasteiger partial charge in [-0.3, -0.25) is 0 Å². The molecule has 0 N–H and O–H groups in total. The zero-order valence-electron chi connectivity index (χ0n) is 12.6. The SMILES string of the molecule is CCc1cc(C(=O)OCO[Si](C)(C)C(C)(C)C)on1. The highest BCUT2D eigenvalue weighted by Crippen LogP contribution is 2.36. The first-order valence-corrected chi connectivity index (χ1v) is 9.35. The zero-order chi connectivity index (χ0) is 14.7. The van der Waals surface area contributed by atoms with Gasteiger partial charge < -0.3 is 13.7 Å². The van der Waals surface area contributed by atoms with E-state index in [1.165, 1.54) is 0 Å². The van der Waals surface area contributed by atoms with Crippen LogP contribution < -0.4 is 0 Å². The maximum atomic E-state index is 11.7. The molecule has 0 radical (unpaired) electrons. The molecule has 1 heterocycles. The standard InChI is InChI=1S/C13H23NO4Si/c1-7-10-8-11(18-14-10)12(15)16-9-17-19(5,6)13(2,3)4/h8H,7,9H2,1-6H3. The predicted octanol–water partition coefficient (Wildman–Crippen LogP) is 3.37. The van der Waals surface area contributed by atoms with Crippen LogP contribution in [0.1, 0.15) is 43.9 Å². The van der Waals surface area contributed by atoms with E-state index in [9.17, 15) is 4.79 Å². The van der Waals surface area contributed by atoms with E-state index in [0.717, 1.165) is 12.1 Å². The van der Waals surface area contributed by atoms with Gasteiger partial charge in [0.15, 0.2) is 15.1 Å². The van der Waals surface area contributed by atoms with Gasteiger partial charge in [-0.1, -0.05) is 32.9 Å². The van der Waals surface area contributed by atoms with Crippen molar-refractivity contribution in [3.8, 4) is 0 Å². The average molecular weight is 285 g/mol. The smallest absolute Gasteiger partial charge is 0.379 e. The van der Waals surface area contributed by atoms with Gasteiger partial charge in [-0.2, -0.15) is 0 Å². The van der Waals surface area contributed by atoms with E-state index in [4.69, 9.17) is 13.7 Å². The molecule has 0 bridgehead atoms. The summed E-state index contributed by atoms with van der Waals surface area (Å²) in [4.78, 5) is 11.7. The van der Waals surface area contributed by atoms with Gasteiger partial charge >= 0.3 is 5.97 Å². The third-order valence-corrected chi connectivity index (χ3v) is 7.99. The molecule has 0 amide bonds. The number of aromatic nitrogens is 1. The molecule has 0 fully saturated rings. The highest BCUT2D eigenvalue weighted by molar-refractivity contribution is 6.74. The molecule has 0 aliphatic carbocycles. The summed E-state index contributed by atoms with van der Waals surface area (Å²) in [5, 5.41) is 3.83. The fraction of sp³-hybridized carbons (Fsp3) is 0.692. The van der Waals surface area contributed by atoms with Crippen LogP contribution in [0, 0.1) is 0 Å². The molecular weight excluding hydrogens is 262 g/mol. The number of carbonyl (C=O) groups excluding carboxylic acids is 1. The number of carbonyl (C=O) groups is 1.